The van der Waals surface area contributed by atoms with E-state index in [1.165, 1.54) is 24.3 Å². The topological polar surface area (TPSA) is 92.8 Å². The van der Waals surface area contributed by atoms with E-state index in [0.29, 0.717) is 13.1 Å². The molecule has 1 rings (SSSR count). The molecule has 1 aromatic rings. The number of amides is 1. The van der Waals surface area contributed by atoms with Gasteiger partial charge in [-0.1, -0.05) is 6.07 Å². The summed E-state index contributed by atoms with van der Waals surface area (Å²) in [4.78, 5) is 25.2. The Morgan fingerprint density at radius 2 is 1.86 bits per heavy atom. The predicted octanol–water partition coefficient (Wildman–Crippen LogP) is 1.08. The first-order valence-electron chi connectivity index (χ1n) is 6.79. The molecule has 0 aliphatic rings. The second-order valence-corrected chi connectivity index (χ2v) is 6.35. The van der Waals surface area contributed by atoms with E-state index >= 15 is 0 Å². The normalized spacial score (nSPS) is 10.9. The molecule has 0 saturated carbocycles. The van der Waals surface area contributed by atoms with Crippen molar-refractivity contribution in [3.63, 3.8) is 0 Å². The SMILES string of the molecule is CCN(CC)C(=O)COC(=O)c1cccc(NS(C)(=O)=O)c1. The monoisotopic (exact) mass is 328 g/mol. The van der Waals surface area contributed by atoms with Crippen LogP contribution in [-0.2, 0) is 19.6 Å². The van der Waals surface area contributed by atoms with E-state index in [0.717, 1.165) is 6.26 Å². The summed E-state index contributed by atoms with van der Waals surface area (Å²) in [6.07, 6.45) is 1.01. The Balaban J connectivity index is 2.70. The lowest BCUT2D eigenvalue weighted by molar-refractivity contribution is -0.134. The molecule has 1 N–H and O–H groups in total. The molecule has 8 heteroatoms. The van der Waals surface area contributed by atoms with Gasteiger partial charge in [-0.25, -0.2) is 13.2 Å². The number of esters is 1. The van der Waals surface area contributed by atoms with E-state index in [2.05, 4.69) is 4.72 Å². The number of carbonyl (C=O) groups excluding carboxylic acids is 2. The third-order valence-corrected chi connectivity index (χ3v) is 3.45. The highest BCUT2D eigenvalue weighted by Crippen LogP contribution is 2.13. The molecule has 0 spiro atoms. The fourth-order valence-electron chi connectivity index (χ4n) is 1.80. The first kappa shape index (κ1) is 18.0. The van der Waals surface area contributed by atoms with Crippen LogP contribution in [0.3, 0.4) is 0 Å². The molecule has 0 fully saturated rings. The molecule has 0 aliphatic heterocycles. The molecule has 122 valence electrons. The van der Waals surface area contributed by atoms with E-state index < -0.39 is 16.0 Å². The average Bonchev–Trinajstić information content (AvgIpc) is 2.44. The number of nitrogens with zero attached hydrogens (tertiary/aromatic N) is 1. The summed E-state index contributed by atoms with van der Waals surface area (Å²) in [7, 11) is -3.43. The van der Waals surface area contributed by atoms with Gasteiger partial charge in [0, 0.05) is 18.8 Å². The lowest BCUT2D eigenvalue weighted by atomic mass is 10.2. The van der Waals surface area contributed by atoms with Crippen LogP contribution in [0.5, 0.6) is 0 Å². The van der Waals surface area contributed by atoms with Crippen molar-refractivity contribution in [1.29, 1.82) is 0 Å². The average molecular weight is 328 g/mol. The number of rotatable bonds is 7. The molecule has 1 aromatic carbocycles. The molecule has 0 saturated heterocycles. The van der Waals surface area contributed by atoms with Gasteiger partial charge in [0.1, 0.15) is 0 Å². The number of hydrogen-bond donors (Lipinski definition) is 1. The van der Waals surface area contributed by atoms with Gasteiger partial charge >= 0.3 is 5.97 Å². The largest absolute Gasteiger partial charge is 0.452 e. The van der Waals surface area contributed by atoms with E-state index in [4.69, 9.17) is 4.74 Å². The van der Waals surface area contributed by atoms with Crippen LogP contribution in [0.2, 0.25) is 0 Å². The molecular formula is C14H20N2O5S. The summed E-state index contributed by atoms with van der Waals surface area (Å²) >= 11 is 0. The summed E-state index contributed by atoms with van der Waals surface area (Å²) in [6, 6.07) is 5.87. The molecular weight excluding hydrogens is 308 g/mol. The third kappa shape index (κ3) is 5.72. The molecule has 0 atom stereocenters. The Morgan fingerprint density at radius 3 is 2.41 bits per heavy atom. The van der Waals surface area contributed by atoms with Gasteiger partial charge in [0.25, 0.3) is 5.91 Å². The van der Waals surface area contributed by atoms with Crippen LogP contribution in [0.15, 0.2) is 24.3 Å². The van der Waals surface area contributed by atoms with Gasteiger partial charge < -0.3 is 9.64 Å². The summed E-state index contributed by atoms with van der Waals surface area (Å²) in [5.74, 6) is -0.957. The molecule has 1 amide bonds. The van der Waals surface area contributed by atoms with Crippen molar-refractivity contribution >= 4 is 27.6 Å². The third-order valence-electron chi connectivity index (χ3n) is 2.84. The number of anilines is 1. The first-order chi connectivity index (χ1) is 10.3. The zero-order valence-corrected chi connectivity index (χ0v) is 13.6. The summed E-state index contributed by atoms with van der Waals surface area (Å²) in [6.45, 7) is 4.42. The van der Waals surface area contributed by atoms with Gasteiger partial charge in [-0.05, 0) is 32.0 Å². The van der Waals surface area contributed by atoms with E-state index in [1.807, 2.05) is 13.8 Å². The van der Waals surface area contributed by atoms with E-state index in [1.54, 1.807) is 4.90 Å². The first-order valence-corrected chi connectivity index (χ1v) is 8.68. The van der Waals surface area contributed by atoms with Gasteiger partial charge in [0.05, 0.1) is 11.8 Å². The van der Waals surface area contributed by atoms with Crippen molar-refractivity contribution in [2.24, 2.45) is 0 Å². The molecule has 0 unspecified atom stereocenters. The van der Waals surface area contributed by atoms with Gasteiger partial charge in [-0.3, -0.25) is 9.52 Å². The van der Waals surface area contributed by atoms with Crippen LogP contribution < -0.4 is 4.72 Å². The predicted molar refractivity (Wildman–Crippen MR) is 83.1 cm³/mol. The van der Waals surface area contributed by atoms with Crippen molar-refractivity contribution in [1.82, 2.24) is 4.90 Å². The molecule has 0 aliphatic carbocycles. The fourth-order valence-corrected chi connectivity index (χ4v) is 2.36. The number of benzene rings is 1. The molecule has 22 heavy (non-hydrogen) atoms. The maximum absolute atomic E-state index is 11.9. The number of sulfonamides is 1. The van der Waals surface area contributed by atoms with Crippen molar-refractivity contribution in [3.05, 3.63) is 29.8 Å². The van der Waals surface area contributed by atoms with Crippen LogP contribution in [0.1, 0.15) is 24.2 Å². The fraction of sp³-hybridized carbons (Fsp3) is 0.429. The minimum absolute atomic E-state index is 0.168. The second-order valence-electron chi connectivity index (χ2n) is 4.60. The smallest absolute Gasteiger partial charge is 0.338 e. The van der Waals surface area contributed by atoms with Crippen LogP contribution in [-0.4, -0.2) is 51.1 Å². The Labute approximate surface area is 130 Å². The van der Waals surface area contributed by atoms with Crippen molar-refractivity contribution in [3.8, 4) is 0 Å². The summed E-state index contributed by atoms with van der Waals surface area (Å²) in [5.41, 5.74) is 0.424. The molecule has 0 radical (unpaired) electrons. The standard InChI is InChI=1S/C14H20N2O5S/c1-4-16(5-2)13(17)10-21-14(18)11-7-6-8-12(9-11)15-22(3,19)20/h6-9,15H,4-5,10H2,1-3H3. The highest BCUT2D eigenvalue weighted by Gasteiger charge is 2.14. The molecule has 0 aromatic heterocycles. The Kier molecular flexibility index (Phi) is 6.36. The molecule has 7 nitrogen and oxygen atoms in total. The number of hydrogen-bond acceptors (Lipinski definition) is 5. The maximum atomic E-state index is 11.9. The minimum Gasteiger partial charge on any atom is -0.452 e. The zero-order valence-electron chi connectivity index (χ0n) is 12.8. The second kappa shape index (κ2) is 7.79. The van der Waals surface area contributed by atoms with E-state index in [-0.39, 0.29) is 23.8 Å². The highest BCUT2D eigenvalue weighted by atomic mass is 32.2. The Bertz CT molecular complexity index is 638. The van der Waals surface area contributed by atoms with Gasteiger partial charge in [-0.15, -0.1) is 0 Å². The van der Waals surface area contributed by atoms with Gasteiger partial charge in [0.2, 0.25) is 10.0 Å². The van der Waals surface area contributed by atoms with Crippen LogP contribution in [0.25, 0.3) is 0 Å². The minimum atomic E-state index is -3.43. The quantitative estimate of drug-likeness (QED) is 0.756. The number of nitrogens with one attached hydrogen (secondary N) is 1. The summed E-state index contributed by atoms with van der Waals surface area (Å²) < 4.78 is 29.5. The number of likely N-dealkylation sites (N-methyl/N-ethyl adjacent to an activating group) is 1. The van der Waals surface area contributed by atoms with Crippen LogP contribution in [0, 0.1) is 0 Å². The maximum Gasteiger partial charge on any atom is 0.338 e. The van der Waals surface area contributed by atoms with Gasteiger partial charge in [-0.2, -0.15) is 0 Å². The van der Waals surface area contributed by atoms with Crippen molar-refractivity contribution < 1.29 is 22.7 Å². The lowest BCUT2D eigenvalue weighted by Gasteiger charge is -2.18. The Morgan fingerprint density at radius 1 is 1.23 bits per heavy atom. The van der Waals surface area contributed by atoms with Crippen molar-refractivity contribution in [2.75, 3.05) is 30.7 Å². The molecule has 0 heterocycles. The number of carbonyl (C=O) groups is 2. The van der Waals surface area contributed by atoms with Crippen LogP contribution in [0.4, 0.5) is 5.69 Å². The lowest BCUT2D eigenvalue weighted by Crippen LogP contribution is -2.34. The number of ether oxygens (including phenoxy) is 1. The van der Waals surface area contributed by atoms with Crippen molar-refractivity contribution in [2.45, 2.75) is 13.8 Å². The van der Waals surface area contributed by atoms with Gasteiger partial charge in [0.15, 0.2) is 6.61 Å². The molecule has 0 bridgehead atoms. The summed E-state index contributed by atoms with van der Waals surface area (Å²) in [5, 5.41) is 0. The highest BCUT2D eigenvalue weighted by molar-refractivity contribution is 7.92. The zero-order chi connectivity index (χ0) is 16.8. The Hall–Kier alpha value is -2.09. The van der Waals surface area contributed by atoms with E-state index in [9.17, 15) is 18.0 Å². The van der Waals surface area contributed by atoms with Crippen LogP contribution >= 0.6 is 0 Å².